The van der Waals surface area contributed by atoms with Crippen molar-refractivity contribution in [2.45, 2.75) is 32.4 Å². The highest BCUT2D eigenvalue weighted by atomic mass is 35.5. The van der Waals surface area contributed by atoms with E-state index in [1.54, 1.807) is 39.0 Å². The third-order valence-electron chi connectivity index (χ3n) is 4.66. The Balaban J connectivity index is 1.92. The number of hydrogen-bond acceptors (Lipinski definition) is 7. The van der Waals surface area contributed by atoms with Crippen LogP contribution in [0.4, 0.5) is 10.5 Å². The maximum atomic E-state index is 12.6. The molecule has 4 N–H and O–H groups in total. The van der Waals surface area contributed by atoms with E-state index in [0.29, 0.717) is 5.69 Å². The lowest BCUT2D eigenvalue weighted by molar-refractivity contribution is -0.142. The van der Waals surface area contributed by atoms with Crippen molar-refractivity contribution in [3.8, 4) is 0 Å². The number of esters is 1. The number of anilines is 1. The van der Waals surface area contributed by atoms with E-state index in [1.165, 1.54) is 24.3 Å². The Morgan fingerprint density at radius 1 is 0.921 bits per heavy atom. The summed E-state index contributed by atoms with van der Waals surface area (Å²) in [5, 5.41) is 9.98. The highest BCUT2D eigenvalue weighted by Crippen LogP contribution is 2.24. The monoisotopic (exact) mass is 566 g/mol. The Bertz CT molecular complexity index is 1190. The summed E-state index contributed by atoms with van der Waals surface area (Å²) in [4.78, 5) is 61.5. The van der Waals surface area contributed by atoms with Crippen LogP contribution >= 0.6 is 23.2 Å². The van der Waals surface area contributed by atoms with Crippen molar-refractivity contribution in [2.75, 3.05) is 25.5 Å². The number of methoxy groups -OCH3 is 1. The summed E-state index contributed by atoms with van der Waals surface area (Å²) in [5.74, 6) is -2.78. The van der Waals surface area contributed by atoms with Crippen LogP contribution in [0.25, 0.3) is 0 Å². The molecule has 1 unspecified atom stereocenters. The molecule has 0 aliphatic heterocycles. The fraction of sp³-hybridized carbons (Fsp3) is 0.320. The smallest absolute Gasteiger partial charge is 0.412 e. The molecule has 2 aromatic carbocycles. The second-order valence-corrected chi connectivity index (χ2v) is 9.65. The molecule has 0 spiro atoms. The van der Waals surface area contributed by atoms with Gasteiger partial charge in [0, 0.05) is 17.8 Å². The van der Waals surface area contributed by atoms with Gasteiger partial charge in [0.25, 0.3) is 11.8 Å². The first-order valence-corrected chi connectivity index (χ1v) is 12.0. The number of halogens is 2. The molecule has 0 bridgehead atoms. The first kappa shape index (κ1) is 30.4. The number of ether oxygens (including phenoxy) is 2. The zero-order chi connectivity index (χ0) is 28.5. The van der Waals surface area contributed by atoms with Gasteiger partial charge >= 0.3 is 12.1 Å². The molecular weight excluding hydrogens is 539 g/mol. The van der Waals surface area contributed by atoms with Crippen LogP contribution in [0.5, 0.6) is 0 Å². The minimum absolute atomic E-state index is 0.0354. The lowest BCUT2D eigenvalue weighted by atomic mass is 10.2. The first-order chi connectivity index (χ1) is 17.8. The van der Waals surface area contributed by atoms with Crippen molar-refractivity contribution in [1.82, 2.24) is 16.0 Å². The number of benzene rings is 2. The predicted octanol–water partition coefficient (Wildman–Crippen LogP) is 3.16. The van der Waals surface area contributed by atoms with E-state index in [0.717, 1.165) is 7.11 Å². The van der Waals surface area contributed by atoms with Gasteiger partial charge in [-0.3, -0.25) is 19.7 Å². The van der Waals surface area contributed by atoms with Crippen molar-refractivity contribution in [3.63, 3.8) is 0 Å². The zero-order valence-corrected chi connectivity index (χ0v) is 22.7. The number of carbonyl (C=O) groups excluding carboxylic acids is 5. The van der Waals surface area contributed by atoms with Crippen LogP contribution in [-0.2, 0) is 19.1 Å². The molecule has 0 heterocycles. The summed E-state index contributed by atoms with van der Waals surface area (Å²) in [7, 11) is 1.12. The van der Waals surface area contributed by atoms with Gasteiger partial charge < -0.3 is 25.4 Å². The van der Waals surface area contributed by atoms with E-state index < -0.39 is 48.0 Å². The molecule has 0 aromatic heterocycles. The van der Waals surface area contributed by atoms with Gasteiger partial charge in [-0.25, -0.2) is 9.59 Å². The molecule has 38 heavy (non-hydrogen) atoms. The topological polar surface area (TPSA) is 152 Å². The van der Waals surface area contributed by atoms with Crippen molar-refractivity contribution in [2.24, 2.45) is 0 Å². The van der Waals surface area contributed by atoms with Crippen molar-refractivity contribution < 1.29 is 33.4 Å². The zero-order valence-electron chi connectivity index (χ0n) is 21.1. The molecule has 13 heteroatoms. The van der Waals surface area contributed by atoms with Crippen LogP contribution in [0.2, 0.25) is 10.0 Å². The van der Waals surface area contributed by atoms with E-state index in [4.69, 9.17) is 27.9 Å². The van der Waals surface area contributed by atoms with Gasteiger partial charge in [-0.05, 0) is 51.1 Å². The molecule has 4 amide bonds. The maximum absolute atomic E-state index is 12.6. The van der Waals surface area contributed by atoms with Crippen LogP contribution in [-0.4, -0.2) is 61.6 Å². The van der Waals surface area contributed by atoms with E-state index in [2.05, 4.69) is 26.0 Å². The predicted molar refractivity (Wildman–Crippen MR) is 141 cm³/mol. The summed E-state index contributed by atoms with van der Waals surface area (Å²) >= 11 is 12.1. The highest BCUT2D eigenvalue weighted by molar-refractivity contribution is 6.39. The molecule has 2 rings (SSSR count). The molecule has 0 saturated carbocycles. The first-order valence-electron chi connectivity index (χ1n) is 11.3. The van der Waals surface area contributed by atoms with Gasteiger partial charge in [-0.1, -0.05) is 35.3 Å². The van der Waals surface area contributed by atoms with Gasteiger partial charge in [0.05, 0.1) is 29.3 Å². The fourth-order valence-electron chi connectivity index (χ4n) is 2.98. The van der Waals surface area contributed by atoms with E-state index >= 15 is 0 Å². The van der Waals surface area contributed by atoms with Crippen LogP contribution in [0.3, 0.4) is 0 Å². The summed E-state index contributed by atoms with van der Waals surface area (Å²) in [6.45, 7) is 4.40. The van der Waals surface area contributed by atoms with E-state index in [9.17, 15) is 24.0 Å². The molecule has 0 saturated heterocycles. The third kappa shape index (κ3) is 9.56. The minimum atomic E-state index is -1.25. The Hall–Kier alpha value is -3.83. The summed E-state index contributed by atoms with van der Waals surface area (Å²) in [6, 6.07) is 9.26. The molecule has 2 aromatic rings. The van der Waals surface area contributed by atoms with Crippen molar-refractivity contribution in [3.05, 3.63) is 63.6 Å². The summed E-state index contributed by atoms with van der Waals surface area (Å²) < 4.78 is 9.86. The molecule has 204 valence electrons. The Kier molecular flexibility index (Phi) is 10.9. The Morgan fingerprint density at radius 3 is 2.16 bits per heavy atom. The number of nitrogens with one attached hydrogen (secondary N) is 4. The molecule has 11 nitrogen and oxygen atoms in total. The number of amides is 4. The normalized spacial score (nSPS) is 11.5. The third-order valence-corrected chi connectivity index (χ3v) is 5.29. The average Bonchev–Trinajstić information content (AvgIpc) is 2.83. The molecule has 0 radical (unpaired) electrons. The van der Waals surface area contributed by atoms with Crippen LogP contribution in [0.15, 0.2) is 42.5 Å². The molecular formula is C25H28Cl2N4O7. The standard InChI is InChI=1S/C25H28Cl2N4O7/c1-25(2,3)38-24(36)30-15-8-5-7-14(11-15)21(33)29-13-19(32)28-12-18(23(35)37-4)31-22(34)20-16(26)9-6-10-17(20)27/h5-11,18H,12-13H2,1-4H3,(H,28,32)(H,29,33)(H,30,36)(H,31,34). The summed E-state index contributed by atoms with van der Waals surface area (Å²) in [6.07, 6.45) is -0.682. The lowest BCUT2D eigenvalue weighted by Crippen LogP contribution is -2.50. The Labute approximate surface area is 229 Å². The Morgan fingerprint density at radius 2 is 1.55 bits per heavy atom. The quantitative estimate of drug-likeness (QED) is 0.340. The molecule has 1 atom stereocenters. The van der Waals surface area contributed by atoms with Gasteiger partial charge in [-0.15, -0.1) is 0 Å². The van der Waals surface area contributed by atoms with Gasteiger partial charge in [-0.2, -0.15) is 0 Å². The second-order valence-electron chi connectivity index (χ2n) is 8.84. The highest BCUT2D eigenvalue weighted by Gasteiger charge is 2.25. The SMILES string of the molecule is COC(=O)C(CNC(=O)CNC(=O)c1cccc(NC(=O)OC(C)(C)C)c1)NC(=O)c1c(Cl)cccc1Cl. The van der Waals surface area contributed by atoms with Gasteiger partial charge in [0.2, 0.25) is 5.91 Å². The fourth-order valence-corrected chi connectivity index (χ4v) is 3.55. The maximum Gasteiger partial charge on any atom is 0.412 e. The largest absolute Gasteiger partial charge is 0.467 e. The molecule has 0 aliphatic carbocycles. The molecule has 0 fully saturated rings. The lowest BCUT2D eigenvalue weighted by Gasteiger charge is -2.19. The van der Waals surface area contributed by atoms with Crippen molar-refractivity contribution >= 4 is 58.7 Å². The van der Waals surface area contributed by atoms with Gasteiger partial charge in [0.15, 0.2) is 0 Å². The van der Waals surface area contributed by atoms with Gasteiger partial charge in [0.1, 0.15) is 11.6 Å². The van der Waals surface area contributed by atoms with Crippen LogP contribution in [0, 0.1) is 0 Å². The van der Waals surface area contributed by atoms with E-state index in [-0.39, 0.29) is 27.7 Å². The number of hydrogen-bond donors (Lipinski definition) is 4. The number of rotatable bonds is 9. The second kappa shape index (κ2) is 13.6. The molecule has 0 aliphatic rings. The van der Waals surface area contributed by atoms with Crippen LogP contribution < -0.4 is 21.3 Å². The van der Waals surface area contributed by atoms with Crippen molar-refractivity contribution in [1.29, 1.82) is 0 Å². The summed E-state index contributed by atoms with van der Waals surface area (Å²) in [5.41, 5.74) is -0.218. The van der Waals surface area contributed by atoms with E-state index in [1.807, 2.05) is 0 Å². The average molecular weight is 567 g/mol. The minimum Gasteiger partial charge on any atom is -0.467 e. The number of carbonyl (C=O) groups is 5. The van der Waals surface area contributed by atoms with Crippen LogP contribution in [0.1, 0.15) is 41.5 Å².